The Morgan fingerprint density at radius 1 is 1.26 bits per heavy atom. The average Bonchev–Trinajstić information content (AvgIpc) is 2.42. The minimum absolute atomic E-state index is 0.000846. The molecule has 0 aliphatic carbocycles. The zero-order chi connectivity index (χ0) is 14.3. The van der Waals surface area contributed by atoms with Crippen LogP contribution in [0.15, 0.2) is 18.2 Å². The minimum Gasteiger partial charge on any atom is -0.497 e. The zero-order valence-corrected chi connectivity index (χ0v) is 11.7. The van der Waals surface area contributed by atoms with Gasteiger partial charge >= 0.3 is 0 Å². The van der Waals surface area contributed by atoms with E-state index in [1.165, 1.54) is 0 Å². The summed E-state index contributed by atoms with van der Waals surface area (Å²) in [4.78, 5) is 11.6. The molecule has 1 atom stereocenters. The van der Waals surface area contributed by atoms with Gasteiger partial charge in [-0.05, 0) is 31.0 Å². The first kappa shape index (κ1) is 15.3. The van der Waals surface area contributed by atoms with Crippen molar-refractivity contribution >= 4 is 5.91 Å². The molecule has 0 aliphatic rings. The second-order valence-electron chi connectivity index (χ2n) is 4.50. The fourth-order valence-electron chi connectivity index (χ4n) is 1.63. The Morgan fingerprint density at radius 3 is 2.32 bits per heavy atom. The van der Waals surface area contributed by atoms with E-state index in [1.807, 2.05) is 19.1 Å². The lowest BCUT2D eigenvalue weighted by molar-refractivity contribution is -0.121. The van der Waals surface area contributed by atoms with Crippen LogP contribution in [-0.4, -0.2) is 32.7 Å². The predicted octanol–water partition coefficient (Wildman–Crippen LogP) is 1.10. The van der Waals surface area contributed by atoms with E-state index in [4.69, 9.17) is 15.2 Å². The summed E-state index contributed by atoms with van der Waals surface area (Å²) in [6.45, 7) is 2.35. The van der Waals surface area contributed by atoms with E-state index in [9.17, 15) is 4.79 Å². The van der Waals surface area contributed by atoms with Crippen molar-refractivity contribution < 1.29 is 14.3 Å². The zero-order valence-electron chi connectivity index (χ0n) is 11.7. The number of carbonyl (C=O) groups excluding carboxylic acids is 1. The van der Waals surface area contributed by atoms with E-state index in [1.54, 1.807) is 20.3 Å². The van der Waals surface area contributed by atoms with Crippen LogP contribution in [0.25, 0.3) is 0 Å². The van der Waals surface area contributed by atoms with Gasteiger partial charge in [0.1, 0.15) is 11.5 Å². The molecule has 5 nitrogen and oxygen atoms in total. The number of ether oxygens (including phenoxy) is 2. The molecule has 0 saturated heterocycles. The van der Waals surface area contributed by atoms with Crippen LogP contribution in [0.3, 0.4) is 0 Å². The first-order chi connectivity index (χ1) is 9.05. The number of hydrogen-bond acceptors (Lipinski definition) is 4. The maximum absolute atomic E-state index is 11.6. The summed E-state index contributed by atoms with van der Waals surface area (Å²) in [5, 5.41) is 2.78. The predicted molar refractivity (Wildman–Crippen MR) is 74.5 cm³/mol. The Labute approximate surface area is 114 Å². The van der Waals surface area contributed by atoms with Gasteiger partial charge in [-0.1, -0.05) is 0 Å². The highest BCUT2D eigenvalue weighted by molar-refractivity contribution is 5.76. The van der Waals surface area contributed by atoms with Gasteiger partial charge in [-0.25, -0.2) is 0 Å². The van der Waals surface area contributed by atoms with E-state index in [-0.39, 0.29) is 11.9 Å². The van der Waals surface area contributed by atoms with Crippen molar-refractivity contribution in [2.24, 2.45) is 5.73 Å². The second-order valence-corrected chi connectivity index (χ2v) is 4.50. The molecule has 1 aromatic carbocycles. The lowest BCUT2D eigenvalue weighted by Gasteiger charge is -2.09. The van der Waals surface area contributed by atoms with Crippen LogP contribution in [-0.2, 0) is 11.2 Å². The number of nitrogens with two attached hydrogens (primary N) is 1. The number of rotatable bonds is 7. The maximum atomic E-state index is 11.6. The molecule has 5 heteroatoms. The van der Waals surface area contributed by atoms with Crippen molar-refractivity contribution in [2.45, 2.75) is 25.8 Å². The molecule has 0 aliphatic heterocycles. The summed E-state index contributed by atoms with van der Waals surface area (Å²) >= 11 is 0. The van der Waals surface area contributed by atoms with E-state index < -0.39 is 0 Å². The van der Waals surface area contributed by atoms with Crippen molar-refractivity contribution in [3.63, 3.8) is 0 Å². The van der Waals surface area contributed by atoms with Gasteiger partial charge in [0, 0.05) is 25.1 Å². The van der Waals surface area contributed by atoms with Crippen LogP contribution in [0, 0.1) is 0 Å². The number of benzene rings is 1. The molecule has 0 fully saturated rings. The molecule has 3 N–H and O–H groups in total. The van der Waals surface area contributed by atoms with Gasteiger partial charge in [0.05, 0.1) is 14.2 Å². The smallest absolute Gasteiger partial charge is 0.220 e. The van der Waals surface area contributed by atoms with Crippen molar-refractivity contribution in [1.29, 1.82) is 0 Å². The SMILES string of the molecule is COc1cc(CCC(=O)NCC(C)N)cc(OC)c1. The molecular weight excluding hydrogens is 244 g/mol. The van der Waals surface area contributed by atoms with Gasteiger partial charge < -0.3 is 20.5 Å². The third kappa shape index (κ3) is 5.61. The summed E-state index contributed by atoms with van der Waals surface area (Å²) in [5.74, 6) is 1.45. The van der Waals surface area contributed by atoms with Gasteiger partial charge in [0.2, 0.25) is 5.91 Å². The van der Waals surface area contributed by atoms with Crippen molar-refractivity contribution in [3.8, 4) is 11.5 Å². The number of nitrogens with one attached hydrogen (secondary N) is 1. The van der Waals surface area contributed by atoms with Crippen LogP contribution < -0.4 is 20.5 Å². The van der Waals surface area contributed by atoms with Crippen molar-refractivity contribution in [2.75, 3.05) is 20.8 Å². The van der Waals surface area contributed by atoms with Crippen LogP contribution in [0.1, 0.15) is 18.9 Å². The highest BCUT2D eigenvalue weighted by atomic mass is 16.5. The molecule has 1 aromatic rings. The normalized spacial score (nSPS) is 11.8. The Hall–Kier alpha value is -1.75. The van der Waals surface area contributed by atoms with Crippen LogP contribution in [0.5, 0.6) is 11.5 Å². The second kappa shape index (κ2) is 7.63. The third-order valence-corrected chi connectivity index (χ3v) is 2.67. The number of aryl methyl sites for hydroxylation is 1. The molecule has 19 heavy (non-hydrogen) atoms. The van der Waals surface area contributed by atoms with Crippen LogP contribution >= 0.6 is 0 Å². The number of amides is 1. The van der Waals surface area contributed by atoms with E-state index in [2.05, 4.69) is 5.32 Å². The molecule has 0 bridgehead atoms. The monoisotopic (exact) mass is 266 g/mol. The molecule has 0 saturated carbocycles. The lowest BCUT2D eigenvalue weighted by atomic mass is 10.1. The summed E-state index contributed by atoms with van der Waals surface area (Å²) in [6.07, 6.45) is 1.06. The molecule has 0 aromatic heterocycles. The fraction of sp³-hybridized carbons (Fsp3) is 0.500. The molecule has 1 amide bonds. The van der Waals surface area contributed by atoms with Crippen LogP contribution in [0.2, 0.25) is 0 Å². The van der Waals surface area contributed by atoms with Gasteiger partial charge in [-0.2, -0.15) is 0 Å². The lowest BCUT2D eigenvalue weighted by Crippen LogP contribution is -2.35. The Balaban J connectivity index is 2.54. The standard InChI is InChI=1S/C14H22N2O3/c1-10(15)9-16-14(17)5-4-11-6-12(18-2)8-13(7-11)19-3/h6-8,10H,4-5,9,15H2,1-3H3,(H,16,17). The third-order valence-electron chi connectivity index (χ3n) is 2.67. The fourth-order valence-corrected chi connectivity index (χ4v) is 1.63. The largest absolute Gasteiger partial charge is 0.497 e. The summed E-state index contributed by atoms with van der Waals surface area (Å²) < 4.78 is 10.4. The molecule has 0 heterocycles. The van der Waals surface area contributed by atoms with E-state index in [0.29, 0.717) is 19.4 Å². The van der Waals surface area contributed by atoms with Crippen LogP contribution in [0.4, 0.5) is 0 Å². The highest BCUT2D eigenvalue weighted by Gasteiger charge is 2.06. The van der Waals surface area contributed by atoms with E-state index >= 15 is 0 Å². The molecule has 106 valence electrons. The Bertz CT molecular complexity index is 397. The quantitative estimate of drug-likeness (QED) is 0.775. The minimum atomic E-state index is -0.0270. The van der Waals surface area contributed by atoms with Crippen molar-refractivity contribution in [3.05, 3.63) is 23.8 Å². The van der Waals surface area contributed by atoms with Gasteiger partial charge in [-0.15, -0.1) is 0 Å². The summed E-state index contributed by atoms with van der Waals surface area (Å²) in [5.41, 5.74) is 6.58. The molecule has 1 unspecified atom stereocenters. The summed E-state index contributed by atoms with van der Waals surface area (Å²) in [7, 11) is 3.21. The molecular formula is C14H22N2O3. The number of methoxy groups -OCH3 is 2. The highest BCUT2D eigenvalue weighted by Crippen LogP contribution is 2.23. The van der Waals surface area contributed by atoms with E-state index in [0.717, 1.165) is 17.1 Å². The van der Waals surface area contributed by atoms with Gasteiger partial charge in [0.25, 0.3) is 0 Å². The van der Waals surface area contributed by atoms with Gasteiger partial charge in [-0.3, -0.25) is 4.79 Å². The molecule has 0 spiro atoms. The average molecular weight is 266 g/mol. The number of hydrogen-bond donors (Lipinski definition) is 2. The molecule has 0 radical (unpaired) electrons. The topological polar surface area (TPSA) is 73.6 Å². The summed E-state index contributed by atoms with van der Waals surface area (Å²) in [6, 6.07) is 5.59. The molecule has 1 rings (SSSR count). The number of carbonyl (C=O) groups is 1. The Kier molecular flexibility index (Phi) is 6.15. The van der Waals surface area contributed by atoms with Crippen molar-refractivity contribution in [1.82, 2.24) is 5.32 Å². The Morgan fingerprint density at radius 2 is 1.84 bits per heavy atom. The maximum Gasteiger partial charge on any atom is 0.220 e. The van der Waals surface area contributed by atoms with Gasteiger partial charge in [0.15, 0.2) is 0 Å². The first-order valence-electron chi connectivity index (χ1n) is 6.29. The first-order valence-corrected chi connectivity index (χ1v) is 6.29.